The minimum atomic E-state index is -1.09. The Hall–Kier alpha value is -3.05. The number of benzene rings is 2. The van der Waals surface area contributed by atoms with Crippen molar-refractivity contribution in [3.8, 4) is 0 Å². The van der Waals surface area contributed by atoms with E-state index in [1.54, 1.807) is 36.5 Å². The Balaban J connectivity index is 1.71. The van der Waals surface area contributed by atoms with E-state index in [1.165, 1.54) is 6.08 Å². The molecule has 1 amide bonds. The zero-order valence-electron chi connectivity index (χ0n) is 13.8. The highest BCUT2D eigenvalue weighted by molar-refractivity contribution is 6.32. The van der Waals surface area contributed by atoms with E-state index in [2.05, 4.69) is 10.3 Å². The van der Waals surface area contributed by atoms with Gasteiger partial charge in [0.15, 0.2) is 0 Å². The normalized spacial score (nSPS) is 12.3. The van der Waals surface area contributed by atoms with Crippen molar-refractivity contribution >= 4 is 40.5 Å². The van der Waals surface area contributed by atoms with Crippen LogP contribution >= 0.6 is 11.6 Å². The summed E-state index contributed by atoms with van der Waals surface area (Å²) in [5.74, 6) is -1.58. The molecule has 0 aliphatic heterocycles. The number of carbonyl (C=O) groups excluding carboxylic acids is 1. The van der Waals surface area contributed by atoms with Crippen molar-refractivity contribution < 1.29 is 14.7 Å². The molecule has 0 unspecified atom stereocenters. The molecule has 0 bridgehead atoms. The summed E-state index contributed by atoms with van der Waals surface area (Å²) in [6, 6.07) is 13.7. The molecule has 5 nitrogen and oxygen atoms in total. The molecule has 3 aromatic rings. The van der Waals surface area contributed by atoms with Gasteiger partial charge >= 0.3 is 5.97 Å². The molecule has 0 aliphatic rings. The molecule has 132 valence electrons. The first kappa shape index (κ1) is 17.8. The van der Waals surface area contributed by atoms with E-state index in [1.807, 2.05) is 24.3 Å². The second-order valence-corrected chi connectivity index (χ2v) is 6.23. The molecule has 1 aromatic heterocycles. The molecule has 0 spiro atoms. The Morgan fingerprint density at radius 2 is 1.88 bits per heavy atom. The van der Waals surface area contributed by atoms with Gasteiger partial charge in [-0.3, -0.25) is 4.79 Å². The first-order chi connectivity index (χ1) is 12.5. The lowest BCUT2D eigenvalue weighted by atomic mass is 10.0. The van der Waals surface area contributed by atoms with Gasteiger partial charge in [0, 0.05) is 34.6 Å². The van der Waals surface area contributed by atoms with Crippen molar-refractivity contribution in [3.63, 3.8) is 0 Å². The molecule has 0 saturated carbocycles. The van der Waals surface area contributed by atoms with Gasteiger partial charge in [0.25, 0.3) is 0 Å². The maximum atomic E-state index is 12.1. The third-order valence-corrected chi connectivity index (χ3v) is 4.38. The summed E-state index contributed by atoms with van der Waals surface area (Å²) in [7, 11) is 0. The highest BCUT2D eigenvalue weighted by Gasteiger charge is 2.21. The number of halogens is 1. The Labute approximate surface area is 155 Å². The number of hydrogen-bond acceptors (Lipinski definition) is 2. The molecule has 0 aliphatic carbocycles. The van der Waals surface area contributed by atoms with Gasteiger partial charge in [-0.2, -0.15) is 0 Å². The molecule has 6 heteroatoms. The summed E-state index contributed by atoms with van der Waals surface area (Å²) in [6.45, 7) is 0. The van der Waals surface area contributed by atoms with Gasteiger partial charge in [0.05, 0.1) is 0 Å². The Morgan fingerprint density at radius 1 is 1.15 bits per heavy atom. The van der Waals surface area contributed by atoms with Gasteiger partial charge in [0.2, 0.25) is 5.91 Å². The van der Waals surface area contributed by atoms with Crippen molar-refractivity contribution in [3.05, 3.63) is 77.0 Å². The lowest BCUT2D eigenvalue weighted by Gasteiger charge is -2.13. The molecule has 0 saturated heterocycles. The number of para-hydroxylation sites is 1. The first-order valence-corrected chi connectivity index (χ1v) is 8.43. The van der Waals surface area contributed by atoms with Gasteiger partial charge in [-0.1, -0.05) is 48.0 Å². The maximum Gasteiger partial charge on any atom is 0.326 e. The van der Waals surface area contributed by atoms with Crippen LogP contribution in [0.15, 0.2) is 60.8 Å². The van der Waals surface area contributed by atoms with Gasteiger partial charge in [-0.05, 0) is 29.3 Å². The van der Waals surface area contributed by atoms with Crippen LogP contribution in [-0.4, -0.2) is 28.0 Å². The number of fused-ring (bicyclic) bond motifs is 1. The van der Waals surface area contributed by atoms with Crippen LogP contribution in [0.2, 0.25) is 5.02 Å². The topological polar surface area (TPSA) is 82.2 Å². The quantitative estimate of drug-likeness (QED) is 0.581. The molecular weight excluding hydrogens is 352 g/mol. The second kappa shape index (κ2) is 7.89. The van der Waals surface area contributed by atoms with Crippen molar-refractivity contribution in [2.24, 2.45) is 0 Å². The zero-order valence-corrected chi connectivity index (χ0v) is 14.5. The highest BCUT2D eigenvalue weighted by Crippen LogP contribution is 2.19. The van der Waals surface area contributed by atoms with Gasteiger partial charge in [-0.15, -0.1) is 0 Å². The lowest BCUT2D eigenvalue weighted by molar-refractivity contribution is -0.141. The van der Waals surface area contributed by atoms with Crippen molar-refractivity contribution in [1.29, 1.82) is 0 Å². The van der Waals surface area contributed by atoms with Crippen LogP contribution in [0.5, 0.6) is 0 Å². The SMILES string of the molecule is O=C(/C=C/c1ccccc1Cl)N[C@@H](Cc1c[nH]c2ccccc12)C(=O)O. The highest BCUT2D eigenvalue weighted by atomic mass is 35.5. The van der Waals surface area contributed by atoms with Crippen LogP contribution in [0.1, 0.15) is 11.1 Å². The molecular formula is C20H17ClN2O3. The number of amides is 1. The summed E-state index contributed by atoms with van der Waals surface area (Å²) >= 11 is 6.03. The van der Waals surface area contributed by atoms with E-state index in [-0.39, 0.29) is 6.42 Å². The molecule has 0 radical (unpaired) electrons. The monoisotopic (exact) mass is 368 g/mol. The van der Waals surface area contributed by atoms with Crippen LogP contribution in [0.3, 0.4) is 0 Å². The standard InChI is InChI=1S/C20H17ClN2O3/c21-16-7-3-1-5-13(16)9-10-19(24)23-18(20(25)26)11-14-12-22-17-8-4-2-6-15(14)17/h1-10,12,18,22H,11H2,(H,23,24)(H,25,26)/b10-9+/t18-/m0/s1. The van der Waals surface area contributed by atoms with Crippen molar-refractivity contribution in [2.45, 2.75) is 12.5 Å². The average molecular weight is 369 g/mol. The van der Waals surface area contributed by atoms with Crippen molar-refractivity contribution in [2.75, 3.05) is 0 Å². The number of carboxylic acids is 1. The third-order valence-electron chi connectivity index (χ3n) is 4.03. The number of aromatic amines is 1. The van der Waals surface area contributed by atoms with Crippen LogP contribution in [0.25, 0.3) is 17.0 Å². The molecule has 2 aromatic carbocycles. The predicted octanol–water partition coefficient (Wildman–Crippen LogP) is 3.65. The van der Waals surface area contributed by atoms with Crippen LogP contribution < -0.4 is 5.32 Å². The minimum absolute atomic E-state index is 0.186. The Morgan fingerprint density at radius 3 is 2.65 bits per heavy atom. The Kier molecular flexibility index (Phi) is 5.39. The number of carbonyl (C=O) groups is 2. The predicted molar refractivity (Wildman–Crippen MR) is 102 cm³/mol. The fraction of sp³-hybridized carbons (Fsp3) is 0.100. The van der Waals surface area contributed by atoms with E-state index < -0.39 is 17.9 Å². The molecule has 0 fully saturated rings. The number of hydrogen-bond donors (Lipinski definition) is 3. The van der Waals surface area contributed by atoms with Crippen LogP contribution in [0, 0.1) is 0 Å². The smallest absolute Gasteiger partial charge is 0.326 e. The van der Waals surface area contributed by atoms with E-state index in [4.69, 9.17) is 11.6 Å². The third kappa shape index (κ3) is 4.13. The average Bonchev–Trinajstić information content (AvgIpc) is 3.03. The summed E-state index contributed by atoms with van der Waals surface area (Å²) < 4.78 is 0. The number of H-pyrrole nitrogens is 1. The largest absolute Gasteiger partial charge is 0.480 e. The molecule has 3 N–H and O–H groups in total. The number of aliphatic carboxylic acids is 1. The van der Waals surface area contributed by atoms with E-state index in [0.29, 0.717) is 10.6 Å². The van der Waals surface area contributed by atoms with E-state index in [0.717, 1.165) is 16.5 Å². The van der Waals surface area contributed by atoms with Crippen LogP contribution in [-0.2, 0) is 16.0 Å². The van der Waals surface area contributed by atoms with Gasteiger partial charge < -0.3 is 15.4 Å². The van der Waals surface area contributed by atoms with Gasteiger partial charge in [0.1, 0.15) is 6.04 Å². The number of carboxylic acid groups (broad SMARTS) is 1. The number of aromatic nitrogens is 1. The second-order valence-electron chi connectivity index (χ2n) is 5.82. The molecule has 1 atom stereocenters. The lowest BCUT2D eigenvalue weighted by Crippen LogP contribution is -2.41. The number of rotatable bonds is 6. The molecule has 1 heterocycles. The maximum absolute atomic E-state index is 12.1. The van der Waals surface area contributed by atoms with E-state index >= 15 is 0 Å². The van der Waals surface area contributed by atoms with Crippen LogP contribution in [0.4, 0.5) is 0 Å². The summed E-state index contributed by atoms with van der Waals surface area (Å²) in [5, 5.41) is 13.4. The number of nitrogens with one attached hydrogen (secondary N) is 2. The summed E-state index contributed by atoms with van der Waals surface area (Å²) in [6.07, 6.45) is 4.80. The molecule has 3 rings (SSSR count). The molecule has 26 heavy (non-hydrogen) atoms. The van der Waals surface area contributed by atoms with E-state index in [9.17, 15) is 14.7 Å². The summed E-state index contributed by atoms with van der Waals surface area (Å²) in [4.78, 5) is 26.8. The zero-order chi connectivity index (χ0) is 18.5. The fourth-order valence-electron chi connectivity index (χ4n) is 2.72. The van der Waals surface area contributed by atoms with Gasteiger partial charge in [-0.25, -0.2) is 4.79 Å². The van der Waals surface area contributed by atoms with Crippen molar-refractivity contribution in [1.82, 2.24) is 10.3 Å². The Bertz CT molecular complexity index is 978. The minimum Gasteiger partial charge on any atom is -0.480 e. The summed E-state index contributed by atoms with van der Waals surface area (Å²) in [5.41, 5.74) is 2.45. The first-order valence-electron chi connectivity index (χ1n) is 8.05. The fourth-order valence-corrected chi connectivity index (χ4v) is 2.91.